The number of nitrogens with zero attached hydrogens (tertiary/aromatic N) is 2. The van der Waals surface area contributed by atoms with E-state index >= 15 is 0 Å². The maximum absolute atomic E-state index is 13.0. The molecule has 0 aliphatic heterocycles. The second-order valence-corrected chi connectivity index (χ2v) is 5.74. The van der Waals surface area contributed by atoms with Gasteiger partial charge in [-0.3, -0.25) is 13.9 Å². The molecule has 0 radical (unpaired) electrons. The molecule has 0 aliphatic carbocycles. The Balaban J connectivity index is 2.56. The lowest BCUT2D eigenvalue weighted by Crippen LogP contribution is -2.41. The summed E-state index contributed by atoms with van der Waals surface area (Å²) in [4.78, 5) is 24.2. The summed E-state index contributed by atoms with van der Waals surface area (Å²) in [5.74, 6) is -0.459. The lowest BCUT2D eigenvalue weighted by molar-refractivity contribution is 0.593. The van der Waals surface area contributed by atoms with E-state index < -0.39 is 11.5 Å². The summed E-state index contributed by atoms with van der Waals surface area (Å²) in [6.45, 7) is 2.30. The maximum Gasteiger partial charge on any atom is 0.331 e. The van der Waals surface area contributed by atoms with Crippen molar-refractivity contribution in [3.63, 3.8) is 0 Å². The second-order valence-electron chi connectivity index (χ2n) is 4.17. The molecule has 0 N–H and O–H groups in total. The van der Waals surface area contributed by atoms with Crippen LogP contribution in [0.3, 0.4) is 0 Å². The molecule has 0 aliphatic rings. The summed E-state index contributed by atoms with van der Waals surface area (Å²) in [6, 6.07) is 3.88. The lowest BCUT2D eigenvalue weighted by Gasteiger charge is -2.10. The smallest absolute Gasteiger partial charge is 0.300 e. The monoisotopic (exact) mass is 408 g/mol. The highest BCUT2D eigenvalue weighted by Gasteiger charge is 2.11. The summed E-state index contributed by atoms with van der Waals surface area (Å²) in [7, 11) is 0. The molecule has 106 valence electrons. The molecule has 0 unspecified atom stereocenters. The molecule has 1 heterocycles. The van der Waals surface area contributed by atoms with Crippen molar-refractivity contribution in [2.45, 2.75) is 20.0 Å². The first kappa shape index (κ1) is 15.2. The summed E-state index contributed by atoms with van der Waals surface area (Å²) < 4.78 is 16.0. The topological polar surface area (TPSA) is 44.0 Å². The van der Waals surface area contributed by atoms with Crippen LogP contribution in [-0.4, -0.2) is 9.13 Å². The molecule has 0 fully saturated rings. The Morgan fingerprint density at radius 3 is 2.65 bits per heavy atom. The van der Waals surface area contributed by atoms with Crippen LogP contribution in [0.1, 0.15) is 12.5 Å². The van der Waals surface area contributed by atoms with Crippen molar-refractivity contribution < 1.29 is 4.39 Å². The van der Waals surface area contributed by atoms with Gasteiger partial charge < -0.3 is 0 Å². The predicted octanol–water partition coefficient (Wildman–Crippen LogP) is 2.48. The number of hydrogen-bond acceptors (Lipinski definition) is 2. The number of benzene rings is 1. The van der Waals surface area contributed by atoms with Gasteiger partial charge in [0, 0.05) is 17.8 Å². The first-order chi connectivity index (χ1) is 9.43. The Kier molecular flexibility index (Phi) is 4.64. The Labute approximate surface area is 132 Å². The zero-order valence-electron chi connectivity index (χ0n) is 10.6. The van der Waals surface area contributed by atoms with E-state index in [9.17, 15) is 14.0 Å². The highest BCUT2D eigenvalue weighted by Crippen LogP contribution is 2.17. The van der Waals surface area contributed by atoms with E-state index in [0.29, 0.717) is 15.7 Å². The van der Waals surface area contributed by atoms with E-state index in [0.717, 1.165) is 10.6 Å². The van der Waals surface area contributed by atoms with Crippen molar-refractivity contribution in [2.75, 3.05) is 0 Å². The van der Waals surface area contributed by atoms with Gasteiger partial charge in [0.2, 0.25) is 0 Å². The third-order valence-corrected chi connectivity index (χ3v) is 3.97. The minimum absolute atomic E-state index is 0.0214. The molecule has 0 saturated carbocycles. The van der Waals surface area contributed by atoms with Crippen LogP contribution in [0.15, 0.2) is 34.0 Å². The first-order valence-corrected chi connectivity index (χ1v) is 7.33. The zero-order valence-corrected chi connectivity index (χ0v) is 13.5. The van der Waals surface area contributed by atoms with Crippen molar-refractivity contribution in [2.24, 2.45) is 0 Å². The summed E-state index contributed by atoms with van der Waals surface area (Å²) in [5, 5.41) is 0.193. The zero-order chi connectivity index (χ0) is 14.9. The molecular formula is C13H11ClFIN2O2. The molecule has 1 aromatic carbocycles. The van der Waals surface area contributed by atoms with Crippen LogP contribution in [0.25, 0.3) is 0 Å². The van der Waals surface area contributed by atoms with E-state index in [1.807, 2.05) is 29.5 Å². The highest BCUT2D eigenvalue weighted by atomic mass is 127. The fraction of sp³-hybridized carbons (Fsp3) is 0.231. The first-order valence-electron chi connectivity index (χ1n) is 5.87. The van der Waals surface area contributed by atoms with Crippen molar-refractivity contribution in [3.8, 4) is 0 Å². The largest absolute Gasteiger partial charge is 0.331 e. The summed E-state index contributed by atoms with van der Waals surface area (Å²) >= 11 is 7.82. The molecule has 0 atom stereocenters. The van der Waals surface area contributed by atoms with Gasteiger partial charge in [-0.2, -0.15) is 0 Å². The lowest BCUT2D eigenvalue weighted by atomic mass is 10.2. The van der Waals surface area contributed by atoms with Gasteiger partial charge >= 0.3 is 5.69 Å². The molecule has 0 saturated heterocycles. The van der Waals surface area contributed by atoms with E-state index in [2.05, 4.69) is 0 Å². The van der Waals surface area contributed by atoms with Gasteiger partial charge in [0.25, 0.3) is 5.56 Å². The van der Waals surface area contributed by atoms with Crippen LogP contribution in [0.5, 0.6) is 0 Å². The maximum atomic E-state index is 13.0. The Bertz CT molecular complexity index is 770. The van der Waals surface area contributed by atoms with Gasteiger partial charge in [0.1, 0.15) is 5.82 Å². The van der Waals surface area contributed by atoms with E-state index in [-0.39, 0.29) is 17.1 Å². The third-order valence-electron chi connectivity index (χ3n) is 2.88. The molecule has 7 heteroatoms. The van der Waals surface area contributed by atoms with Crippen molar-refractivity contribution in [3.05, 3.63) is 65.2 Å². The number of rotatable bonds is 3. The minimum atomic E-state index is -0.459. The van der Waals surface area contributed by atoms with Crippen LogP contribution in [0.4, 0.5) is 4.39 Å². The molecule has 2 rings (SSSR count). The van der Waals surface area contributed by atoms with Crippen LogP contribution in [0, 0.1) is 9.39 Å². The molecule has 4 nitrogen and oxygen atoms in total. The van der Waals surface area contributed by atoms with Gasteiger partial charge in [0.15, 0.2) is 0 Å². The van der Waals surface area contributed by atoms with Gasteiger partial charge in [-0.05, 0) is 47.2 Å². The quantitative estimate of drug-likeness (QED) is 0.733. The average Bonchev–Trinajstić information content (AvgIpc) is 2.41. The second kappa shape index (κ2) is 6.09. The standard InChI is InChI=1S/C13H11ClFIN2O2/c1-2-17-7-11(16)12(19)18(13(17)20)6-8-3-4-9(15)5-10(8)14/h3-5,7H,2,6H2,1H3. The van der Waals surface area contributed by atoms with Gasteiger partial charge in [-0.1, -0.05) is 17.7 Å². The normalized spacial score (nSPS) is 10.8. The average molecular weight is 409 g/mol. The van der Waals surface area contributed by atoms with Crippen LogP contribution in [0.2, 0.25) is 5.02 Å². The number of aryl methyl sites for hydroxylation is 1. The molecule has 0 bridgehead atoms. The molecule has 20 heavy (non-hydrogen) atoms. The number of hydrogen-bond donors (Lipinski definition) is 0. The highest BCUT2D eigenvalue weighted by molar-refractivity contribution is 14.1. The number of aromatic nitrogens is 2. The number of halogens is 3. The van der Waals surface area contributed by atoms with E-state index in [1.54, 1.807) is 0 Å². The van der Waals surface area contributed by atoms with Crippen LogP contribution < -0.4 is 11.2 Å². The van der Waals surface area contributed by atoms with Gasteiger partial charge in [0.05, 0.1) is 10.1 Å². The third kappa shape index (κ3) is 2.95. The Morgan fingerprint density at radius 2 is 2.05 bits per heavy atom. The predicted molar refractivity (Wildman–Crippen MR) is 83.9 cm³/mol. The van der Waals surface area contributed by atoms with Gasteiger partial charge in [-0.25, -0.2) is 9.18 Å². The fourth-order valence-electron chi connectivity index (χ4n) is 1.80. The Morgan fingerprint density at radius 1 is 1.35 bits per heavy atom. The molecular weight excluding hydrogens is 398 g/mol. The van der Waals surface area contributed by atoms with Crippen LogP contribution in [-0.2, 0) is 13.1 Å². The van der Waals surface area contributed by atoms with Crippen LogP contribution >= 0.6 is 34.2 Å². The molecule has 0 spiro atoms. The molecule has 2 aromatic rings. The summed E-state index contributed by atoms with van der Waals surface area (Å²) in [5.41, 5.74) is -0.254. The van der Waals surface area contributed by atoms with E-state index in [4.69, 9.17) is 11.6 Å². The minimum Gasteiger partial charge on any atom is -0.300 e. The molecule has 1 aromatic heterocycles. The van der Waals surface area contributed by atoms with Crippen molar-refractivity contribution in [1.82, 2.24) is 9.13 Å². The fourth-order valence-corrected chi connectivity index (χ4v) is 2.66. The van der Waals surface area contributed by atoms with E-state index in [1.165, 1.54) is 22.9 Å². The summed E-state index contributed by atoms with van der Waals surface area (Å²) in [6.07, 6.45) is 1.52. The van der Waals surface area contributed by atoms with Crippen molar-refractivity contribution >= 4 is 34.2 Å². The Hall–Kier alpha value is -1.15. The van der Waals surface area contributed by atoms with Gasteiger partial charge in [-0.15, -0.1) is 0 Å². The SMILES string of the molecule is CCn1cc(I)c(=O)n(Cc2ccc(F)cc2Cl)c1=O. The molecule has 0 amide bonds. The van der Waals surface area contributed by atoms with Crippen molar-refractivity contribution in [1.29, 1.82) is 0 Å².